The number of esters is 2. The maximum atomic E-state index is 11.8. The molecular formula is C19H28O5. The first kappa shape index (κ1) is 18.7. The molecule has 2 rings (SSSR count). The highest BCUT2D eigenvalue weighted by atomic mass is 16.6. The van der Waals surface area contributed by atoms with E-state index in [0.29, 0.717) is 0 Å². The normalized spacial score (nSPS) is 29.8. The average molecular weight is 336 g/mol. The molecule has 0 N–H and O–H groups in total. The fraction of sp³-hybridized carbons (Fsp3) is 0.684. The predicted octanol–water partition coefficient (Wildman–Crippen LogP) is 3.47. The van der Waals surface area contributed by atoms with Crippen LogP contribution in [0.1, 0.15) is 60.8 Å². The van der Waals surface area contributed by atoms with Gasteiger partial charge in [0.15, 0.2) is 0 Å². The van der Waals surface area contributed by atoms with Crippen molar-refractivity contribution in [2.75, 3.05) is 0 Å². The first-order valence-corrected chi connectivity index (χ1v) is 8.41. The molecule has 2 fully saturated rings. The Labute approximate surface area is 144 Å². The van der Waals surface area contributed by atoms with Gasteiger partial charge in [0, 0.05) is 12.2 Å². The van der Waals surface area contributed by atoms with E-state index < -0.39 is 22.4 Å². The minimum Gasteiger partial charge on any atom is -0.457 e. The molecule has 0 radical (unpaired) electrons. The van der Waals surface area contributed by atoms with Gasteiger partial charge < -0.3 is 14.2 Å². The number of fused-ring (bicyclic) bond motifs is 1. The van der Waals surface area contributed by atoms with Crippen LogP contribution >= 0.6 is 0 Å². The van der Waals surface area contributed by atoms with Crippen molar-refractivity contribution < 1.29 is 23.8 Å². The zero-order valence-electron chi connectivity index (χ0n) is 15.5. The first-order chi connectivity index (χ1) is 10.9. The van der Waals surface area contributed by atoms with Crippen LogP contribution in [0.2, 0.25) is 0 Å². The molecule has 0 amide bonds. The second kappa shape index (κ2) is 6.03. The van der Waals surface area contributed by atoms with Gasteiger partial charge in [-0.05, 0) is 73.0 Å². The number of hydrogen-bond acceptors (Lipinski definition) is 5. The van der Waals surface area contributed by atoms with Crippen LogP contribution in [-0.2, 0) is 23.8 Å². The topological polar surface area (TPSA) is 65.1 Å². The molecule has 2 aliphatic rings. The Morgan fingerprint density at radius 2 is 1.21 bits per heavy atom. The highest BCUT2D eigenvalue weighted by Gasteiger charge is 2.69. The molecule has 1 aliphatic heterocycles. The van der Waals surface area contributed by atoms with E-state index in [1.807, 2.05) is 41.5 Å². The van der Waals surface area contributed by atoms with Crippen molar-refractivity contribution in [2.45, 2.75) is 83.2 Å². The molecule has 2 atom stereocenters. The lowest BCUT2D eigenvalue weighted by Crippen LogP contribution is -2.24. The van der Waals surface area contributed by atoms with Crippen molar-refractivity contribution in [3.8, 4) is 0 Å². The quantitative estimate of drug-likeness (QED) is 0.447. The van der Waals surface area contributed by atoms with Crippen LogP contribution in [0, 0.1) is 0 Å². The molecule has 5 nitrogen and oxygen atoms in total. The summed E-state index contributed by atoms with van der Waals surface area (Å²) in [5.74, 6) is -0.770. The van der Waals surface area contributed by atoms with Gasteiger partial charge in [-0.15, -0.1) is 0 Å². The van der Waals surface area contributed by atoms with Gasteiger partial charge >= 0.3 is 11.9 Å². The summed E-state index contributed by atoms with van der Waals surface area (Å²) in [5.41, 5.74) is -2.04. The second-order valence-corrected chi connectivity index (χ2v) is 8.47. The average Bonchev–Trinajstić information content (AvgIpc) is 2.87. The molecule has 0 spiro atoms. The van der Waals surface area contributed by atoms with Crippen molar-refractivity contribution in [1.29, 1.82) is 0 Å². The second-order valence-electron chi connectivity index (χ2n) is 8.47. The number of carbonyl (C=O) groups is 2. The van der Waals surface area contributed by atoms with E-state index in [-0.39, 0.29) is 11.9 Å². The molecule has 0 aromatic carbocycles. The summed E-state index contributed by atoms with van der Waals surface area (Å²) in [6.07, 6.45) is 9.04. The number of epoxide rings is 1. The highest BCUT2D eigenvalue weighted by molar-refractivity contribution is 5.83. The van der Waals surface area contributed by atoms with Gasteiger partial charge in [-0.2, -0.15) is 0 Å². The van der Waals surface area contributed by atoms with E-state index in [9.17, 15) is 9.59 Å². The van der Waals surface area contributed by atoms with Crippen LogP contribution in [-0.4, -0.2) is 34.3 Å². The van der Waals surface area contributed by atoms with E-state index in [4.69, 9.17) is 14.2 Å². The molecule has 1 saturated carbocycles. The molecule has 0 aromatic heterocycles. The number of ether oxygens (including phenoxy) is 3. The lowest BCUT2D eigenvalue weighted by atomic mass is 9.95. The Hall–Kier alpha value is -1.62. The molecule has 0 bridgehead atoms. The SMILES string of the molecule is CC(C)(C)OC(=O)/C=C/C12CCCC1(/C=C/C(=O)OC(C)(C)C)O2. The molecule has 24 heavy (non-hydrogen) atoms. The minimum absolute atomic E-state index is 0.385. The Balaban J connectivity index is 2.00. The van der Waals surface area contributed by atoms with E-state index in [1.54, 1.807) is 12.2 Å². The predicted molar refractivity (Wildman–Crippen MR) is 90.4 cm³/mol. The third-order valence-electron chi connectivity index (χ3n) is 3.93. The van der Waals surface area contributed by atoms with Crippen LogP contribution in [0.5, 0.6) is 0 Å². The van der Waals surface area contributed by atoms with Gasteiger partial charge in [-0.25, -0.2) is 9.59 Å². The zero-order chi connectivity index (χ0) is 18.2. The summed E-state index contributed by atoms with van der Waals surface area (Å²) >= 11 is 0. The van der Waals surface area contributed by atoms with Crippen LogP contribution < -0.4 is 0 Å². The maximum Gasteiger partial charge on any atom is 0.331 e. The molecule has 1 saturated heterocycles. The van der Waals surface area contributed by atoms with Crippen LogP contribution in [0.3, 0.4) is 0 Å². The summed E-state index contributed by atoms with van der Waals surface area (Å²) < 4.78 is 16.4. The lowest BCUT2D eigenvalue weighted by Gasteiger charge is -2.18. The summed E-state index contributed by atoms with van der Waals surface area (Å²) in [7, 11) is 0. The van der Waals surface area contributed by atoms with E-state index in [2.05, 4.69) is 0 Å². The minimum atomic E-state index is -0.521. The van der Waals surface area contributed by atoms with Gasteiger partial charge in [0.1, 0.15) is 22.4 Å². The van der Waals surface area contributed by atoms with Gasteiger partial charge in [0.05, 0.1) is 0 Å². The molecule has 134 valence electrons. The fourth-order valence-corrected chi connectivity index (χ4v) is 3.03. The third kappa shape index (κ3) is 4.47. The Morgan fingerprint density at radius 1 is 0.833 bits per heavy atom. The van der Waals surface area contributed by atoms with Gasteiger partial charge in [0.25, 0.3) is 0 Å². The van der Waals surface area contributed by atoms with Crippen LogP contribution in [0.25, 0.3) is 0 Å². The fourth-order valence-electron chi connectivity index (χ4n) is 3.03. The van der Waals surface area contributed by atoms with Crippen molar-refractivity contribution in [3.63, 3.8) is 0 Å². The van der Waals surface area contributed by atoms with Crippen molar-refractivity contribution >= 4 is 11.9 Å². The van der Waals surface area contributed by atoms with Crippen molar-refractivity contribution in [2.24, 2.45) is 0 Å². The number of carbonyl (C=O) groups excluding carboxylic acids is 2. The Kier molecular flexibility index (Phi) is 4.70. The van der Waals surface area contributed by atoms with Crippen molar-refractivity contribution in [1.82, 2.24) is 0 Å². The van der Waals surface area contributed by atoms with E-state index in [0.717, 1.165) is 19.3 Å². The standard InChI is InChI=1S/C19H28O5/c1-16(2,3)22-14(20)8-12-18-10-7-11-19(18,24-18)13-9-15(21)23-17(4,5)6/h8-9,12-13H,7,10-11H2,1-6H3/b12-8+,13-9+. The van der Waals surface area contributed by atoms with Gasteiger partial charge in [0.2, 0.25) is 0 Å². The largest absolute Gasteiger partial charge is 0.457 e. The van der Waals surface area contributed by atoms with E-state index in [1.165, 1.54) is 12.2 Å². The number of hydrogen-bond donors (Lipinski definition) is 0. The lowest BCUT2D eigenvalue weighted by molar-refractivity contribution is -0.149. The summed E-state index contributed by atoms with van der Waals surface area (Å²) in [5, 5.41) is 0. The third-order valence-corrected chi connectivity index (χ3v) is 3.93. The molecule has 5 heteroatoms. The molecule has 1 heterocycles. The molecule has 2 unspecified atom stereocenters. The molecule has 1 aliphatic carbocycles. The maximum absolute atomic E-state index is 11.8. The van der Waals surface area contributed by atoms with Crippen LogP contribution in [0.15, 0.2) is 24.3 Å². The summed E-state index contributed by atoms with van der Waals surface area (Å²) in [6, 6.07) is 0. The van der Waals surface area contributed by atoms with Gasteiger partial charge in [-0.3, -0.25) is 0 Å². The van der Waals surface area contributed by atoms with Crippen molar-refractivity contribution in [3.05, 3.63) is 24.3 Å². The molecule has 0 aromatic rings. The highest BCUT2D eigenvalue weighted by Crippen LogP contribution is 2.61. The summed E-state index contributed by atoms with van der Waals surface area (Å²) in [4.78, 5) is 23.7. The van der Waals surface area contributed by atoms with E-state index >= 15 is 0 Å². The Bertz CT molecular complexity index is 526. The zero-order valence-corrected chi connectivity index (χ0v) is 15.5. The molecular weight excluding hydrogens is 308 g/mol. The monoisotopic (exact) mass is 336 g/mol. The smallest absolute Gasteiger partial charge is 0.331 e. The Morgan fingerprint density at radius 3 is 1.54 bits per heavy atom. The van der Waals surface area contributed by atoms with Gasteiger partial charge in [-0.1, -0.05) is 0 Å². The van der Waals surface area contributed by atoms with Crippen LogP contribution in [0.4, 0.5) is 0 Å². The summed E-state index contributed by atoms with van der Waals surface area (Å²) in [6.45, 7) is 11.0. The first-order valence-electron chi connectivity index (χ1n) is 8.41. The number of rotatable bonds is 4.